The standard InChI is InChI=1S/C17H14N4O4S.C15H10FN5O3S/c1-25-14-8-4-11(5-9-14)15(22)10-26-17-18-19-20-21(17)13-6-2-12(3-7-13)16(23)24;16-11-5-10(6-17-7-11)13(22)8-25-15-18-19-20-21(15)12-3-1-9(2-4-12)14(23)24/h2-9H,10H2,1H3,(H,23,24);1-7H,8H2,(H,23,24). The summed E-state index contributed by atoms with van der Waals surface area (Å²) < 4.78 is 21.0. The molecule has 0 amide bonds. The van der Waals surface area contributed by atoms with Crippen LogP contribution in [0.15, 0.2) is 102 Å². The summed E-state index contributed by atoms with van der Waals surface area (Å²) in [5.41, 5.74) is 2.21. The molecule has 0 radical (unpaired) electrons. The van der Waals surface area contributed by atoms with Gasteiger partial charge in [0.1, 0.15) is 11.6 Å². The van der Waals surface area contributed by atoms with E-state index < -0.39 is 17.8 Å². The number of carboxylic acids is 2. The van der Waals surface area contributed by atoms with Crippen LogP contribution in [0.4, 0.5) is 4.39 Å². The van der Waals surface area contributed by atoms with E-state index in [-0.39, 0.29) is 39.8 Å². The summed E-state index contributed by atoms with van der Waals surface area (Å²) in [5, 5.41) is 41.3. The third-order valence-corrected chi connectivity index (χ3v) is 8.54. The number of ketones is 2. The molecule has 6 aromatic rings. The van der Waals surface area contributed by atoms with Gasteiger partial charge in [0.25, 0.3) is 0 Å². The second-order valence-electron chi connectivity index (χ2n) is 9.99. The van der Waals surface area contributed by atoms with E-state index in [0.29, 0.717) is 33.0 Å². The predicted molar refractivity (Wildman–Crippen MR) is 180 cm³/mol. The monoisotopic (exact) mass is 729 g/mol. The quantitative estimate of drug-likeness (QED) is 0.126. The zero-order valence-corrected chi connectivity index (χ0v) is 27.9. The van der Waals surface area contributed by atoms with Gasteiger partial charge in [-0.15, -0.1) is 10.2 Å². The first-order chi connectivity index (χ1) is 24.6. The van der Waals surface area contributed by atoms with Crippen molar-refractivity contribution in [2.75, 3.05) is 18.6 Å². The summed E-state index contributed by atoms with van der Waals surface area (Å²) in [6.45, 7) is 0. The maximum Gasteiger partial charge on any atom is 0.335 e. The van der Waals surface area contributed by atoms with Crippen LogP contribution in [0.5, 0.6) is 5.75 Å². The summed E-state index contributed by atoms with van der Waals surface area (Å²) >= 11 is 2.28. The fourth-order valence-electron chi connectivity index (χ4n) is 4.12. The normalized spacial score (nSPS) is 10.5. The number of nitrogens with zero attached hydrogens (tertiary/aromatic N) is 9. The Labute approximate surface area is 295 Å². The third-order valence-electron chi connectivity index (χ3n) is 6.70. The van der Waals surface area contributed by atoms with Gasteiger partial charge in [-0.3, -0.25) is 14.6 Å². The second kappa shape index (κ2) is 16.9. The molecular formula is C32H24FN9O7S2. The molecule has 19 heteroatoms. The first kappa shape index (κ1) is 36.0. The van der Waals surface area contributed by atoms with Crippen molar-refractivity contribution < 1.29 is 38.5 Å². The van der Waals surface area contributed by atoms with Crippen molar-refractivity contribution in [1.82, 2.24) is 45.4 Å². The maximum atomic E-state index is 13.1. The number of rotatable bonds is 13. The molecule has 16 nitrogen and oxygen atoms in total. The second-order valence-corrected chi connectivity index (χ2v) is 11.9. The number of hydrogen-bond acceptors (Lipinski definition) is 14. The first-order valence-corrected chi connectivity index (χ1v) is 16.4. The highest BCUT2D eigenvalue weighted by molar-refractivity contribution is 8.00. The molecule has 0 aliphatic heterocycles. The van der Waals surface area contributed by atoms with Crippen molar-refractivity contribution in [3.63, 3.8) is 0 Å². The highest BCUT2D eigenvalue weighted by Gasteiger charge is 2.16. The van der Waals surface area contributed by atoms with E-state index in [2.05, 4.69) is 36.0 Å². The molecule has 0 atom stereocenters. The van der Waals surface area contributed by atoms with Crippen LogP contribution in [-0.2, 0) is 0 Å². The molecule has 6 rings (SSSR count). The van der Waals surface area contributed by atoms with E-state index in [4.69, 9.17) is 14.9 Å². The Kier molecular flexibility index (Phi) is 11.9. The van der Waals surface area contributed by atoms with E-state index in [9.17, 15) is 23.6 Å². The van der Waals surface area contributed by atoms with Crippen molar-refractivity contribution in [3.8, 4) is 17.1 Å². The Bertz CT molecular complexity index is 2160. The van der Waals surface area contributed by atoms with Gasteiger partial charge in [0.05, 0.1) is 47.3 Å². The number of carbonyl (C=O) groups excluding carboxylic acids is 2. The van der Waals surface area contributed by atoms with Gasteiger partial charge in [-0.1, -0.05) is 23.5 Å². The van der Waals surface area contributed by atoms with Gasteiger partial charge in [-0.05, 0) is 99.7 Å². The van der Waals surface area contributed by atoms with Gasteiger partial charge in [-0.2, -0.15) is 9.36 Å². The molecule has 2 N–H and O–H groups in total. The van der Waals surface area contributed by atoms with Crippen molar-refractivity contribution in [1.29, 1.82) is 0 Å². The molecule has 3 heterocycles. The SMILES string of the molecule is COc1ccc(C(=O)CSc2nnnn2-c2ccc(C(=O)O)cc2)cc1.O=C(O)c1ccc(-n2nnnc2SCC(=O)c2cncc(F)c2)cc1. The highest BCUT2D eigenvalue weighted by atomic mass is 32.2. The van der Waals surface area contributed by atoms with Gasteiger partial charge in [0, 0.05) is 17.3 Å². The molecular weight excluding hydrogens is 706 g/mol. The van der Waals surface area contributed by atoms with Crippen LogP contribution in [0.2, 0.25) is 0 Å². The fraction of sp³-hybridized carbons (Fsp3) is 0.0938. The smallest absolute Gasteiger partial charge is 0.335 e. The number of pyridine rings is 1. The molecule has 0 saturated carbocycles. The highest BCUT2D eigenvalue weighted by Crippen LogP contribution is 2.22. The Morgan fingerprint density at radius 3 is 1.55 bits per heavy atom. The van der Waals surface area contributed by atoms with Gasteiger partial charge in [0.15, 0.2) is 11.6 Å². The number of aromatic nitrogens is 9. The zero-order chi connectivity index (χ0) is 36.3. The number of aromatic carboxylic acids is 2. The zero-order valence-electron chi connectivity index (χ0n) is 26.2. The molecule has 3 aromatic heterocycles. The van der Waals surface area contributed by atoms with Crippen LogP contribution in [0, 0.1) is 5.82 Å². The lowest BCUT2D eigenvalue weighted by Gasteiger charge is -2.05. The van der Waals surface area contributed by atoms with Crippen LogP contribution in [0.3, 0.4) is 0 Å². The molecule has 0 unspecified atom stereocenters. The average Bonchev–Trinajstić information content (AvgIpc) is 3.83. The summed E-state index contributed by atoms with van der Waals surface area (Å²) in [4.78, 5) is 49.8. The van der Waals surface area contributed by atoms with Crippen LogP contribution in [0.25, 0.3) is 11.4 Å². The Morgan fingerprint density at radius 2 is 1.12 bits per heavy atom. The van der Waals surface area contributed by atoms with E-state index in [1.54, 1.807) is 55.6 Å². The number of halogens is 1. The van der Waals surface area contributed by atoms with Gasteiger partial charge < -0.3 is 14.9 Å². The fourth-order valence-corrected chi connectivity index (χ4v) is 5.69. The average molecular weight is 730 g/mol. The molecule has 0 aliphatic carbocycles. The molecule has 0 fully saturated rings. The number of benzene rings is 3. The Hall–Kier alpha value is -6.34. The minimum absolute atomic E-state index is 0.00127. The lowest BCUT2D eigenvalue weighted by Crippen LogP contribution is -2.06. The molecule has 0 spiro atoms. The molecule has 0 saturated heterocycles. The molecule has 0 aliphatic rings. The van der Waals surface area contributed by atoms with Crippen molar-refractivity contribution in [2.45, 2.75) is 10.3 Å². The number of carbonyl (C=O) groups is 4. The number of carboxylic acid groups (broad SMARTS) is 2. The Morgan fingerprint density at radius 1 is 0.667 bits per heavy atom. The van der Waals surface area contributed by atoms with Crippen LogP contribution < -0.4 is 4.74 Å². The van der Waals surface area contributed by atoms with Gasteiger partial charge in [0.2, 0.25) is 10.3 Å². The largest absolute Gasteiger partial charge is 0.497 e. The maximum absolute atomic E-state index is 13.1. The first-order valence-electron chi connectivity index (χ1n) is 14.4. The molecule has 258 valence electrons. The summed E-state index contributed by atoms with van der Waals surface area (Å²) in [6, 6.07) is 20.1. The summed E-state index contributed by atoms with van der Waals surface area (Å²) in [6.07, 6.45) is 2.31. The topological polar surface area (TPSA) is 218 Å². The number of thioether (sulfide) groups is 2. The summed E-state index contributed by atoms with van der Waals surface area (Å²) in [5.74, 6) is -2.15. The molecule has 3 aromatic carbocycles. The van der Waals surface area contributed by atoms with Crippen LogP contribution in [-0.4, -0.2) is 97.7 Å². The summed E-state index contributed by atoms with van der Waals surface area (Å²) in [7, 11) is 1.56. The van der Waals surface area contributed by atoms with E-state index in [1.807, 2.05) is 0 Å². The minimum Gasteiger partial charge on any atom is -0.497 e. The number of methoxy groups -OCH3 is 1. The molecule has 51 heavy (non-hydrogen) atoms. The van der Waals surface area contributed by atoms with Gasteiger partial charge >= 0.3 is 11.9 Å². The lowest BCUT2D eigenvalue weighted by atomic mass is 10.1. The van der Waals surface area contributed by atoms with Crippen molar-refractivity contribution in [2.24, 2.45) is 0 Å². The number of Topliss-reactive ketones (excluding diaryl/α,β-unsaturated/α-hetero) is 2. The van der Waals surface area contributed by atoms with Crippen molar-refractivity contribution in [3.05, 3.63) is 119 Å². The van der Waals surface area contributed by atoms with Gasteiger partial charge in [-0.25, -0.2) is 14.0 Å². The van der Waals surface area contributed by atoms with E-state index >= 15 is 0 Å². The van der Waals surface area contributed by atoms with E-state index in [0.717, 1.165) is 24.0 Å². The number of tetrazole rings is 2. The predicted octanol–water partition coefficient (Wildman–Crippen LogP) is 4.21. The van der Waals surface area contributed by atoms with Crippen LogP contribution in [0.1, 0.15) is 41.4 Å². The van der Waals surface area contributed by atoms with Crippen LogP contribution >= 0.6 is 23.5 Å². The minimum atomic E-state index is -1.04. The van der Waals surface area contributed by atoms with E-state index in [1.165, 1.54) is 51.6 Å². The Balaban J connectivity index is 0.000000198. The number of hydrogen-bond donors (Lipinski definition) is 2. The van der Waals surface area contributed by atoms with Crippen molar-refractivity contribution >= 4 is 47.0 Å². The molecule has 0 bridgehead atoms. The third kappa shape index (κ3) is 9.43. The number of ether oxygens (including phenoxy) is 1. The lowest BCUT2D eigenvalue weighted by molar-refractivity contribution is 0.0686.